The molecule has 0 saturated heterocycles. The highest BCUT2D eigenvalue weighted by Crippen LogP contribution is 2.32. The minimum atomic E-state index is -3.85. The summed E-state index contributed by atoms with van der Waals surface area (Å²) in [7, 11) is -3.85. The first-order chi connectivity index (χ1) is 15.9. The van der Waals surface area contributed by atoms with E-state index in [4.69, 9.17) is 30.5 Å². The third-order valence-corrected chi connectivity index (χ3v) is 6.23. The minimum Gasteiger partial charge on any atom is -0.490 e. The van der Waals surface area contributed by atoms with Crippen LogP contribution >= 0.6 is 11.6 Å². The highest BCUT2D eigenvalue weighted by molar-refractivity contribution is 7.92. The van der Waals surface area contributed by atoms with Crippen LogP contribution in [0.5, 0.6) is 17.2 Å². The number of carbonyl (C=O) groups is 1. The number of rotatable bonds is 8. The van der Waals surface area contributed by atoms with Gasteiger partial charge in [-0.05, 0) is 60.7 Å². The Labute approximate surface area is 196 Å². The molecule has 0 aliphatic carbocycles. The quantitative estimate of drug-likeness (QED) is 0.375. The number of fused-ring (bicyclic) bond motifs is 1. The van der Waals surface area contributed by atoms with Crippen molar-refractivity contribution in [1.82, 2.24) is 0 Å². The predicted molar refractivity (Wildman–Crippen MR) is 122 cm³/mol. The van der Waals surface area contributed by atoms with Gasteiger partial charge in [0.15, 0.2) is 11.5 Å². The first-order valence-corrected chi connectivity index (χ1v) is 11.8. The van der Waals surface area contributed by atoms with Gasteiger partial charge in [0.05, 0.1) is 10.5 Å². The van der Waals surface area contributed by atoms with Gasteiger partial charge < -0.3 is 18.9 Å². The van der Waals surface area contributed by atoms with Crippen molar-refractivity contribution in [3.05, 3.63) is 77.3 Å². The van der Waals surface area contributed by atoms with Crippen LogP contribution in [0.4, 0.5) is 5.69 Å². The largest absolute Gasteiger partial charge is 0.490 e. The summed E-state index contributed by atoms with van der Waals surface area (Å²) >= 11 is 5.81. The van der Waals surface area contributed by atoms with Crippen LogP contribution in [0.25, 0.3) is 0 Å². The Balaban J connectivity index is 1.31. The van der Waals surface area contributed by atoms with E-state index in [1.54, 1.807) is 30.3 Å². The predicted octanol–water partition coefficient (Wildman–Crippen LogP) is 4.15. The van der Waals surface area contributed by atoms with Crippen LogP contribution in [-0.2, 0) is 14.8 Å². The second-order valence-corrected chi connectivity index (χ2v) is 9.05. The lowest BCUT2D eigenvalue weighted by Gasteiger charge is -2.19. The van der Waals surface area contributed by atoms with Gasteiger partial charge in [0, 0.05) is 16.8 Å². The Bertz CT molecular complexity index is 1230. The molecule has 4 rings (SSSR count). The molecule has 0 amide bonds. The van der Waals surface area contributed by atoms with E-state index in [-0.39, 0.29) is 23.7 Å². The highest BCUT2D eigenvalue weighted by Gasteiger charge is 2.19. The van der Waals surface area contributed by atoms with Gasteiger partial charge in [-0.25, -0.2) is 13.2 Å². The molecule has 0 aromatic heterocycles. The molecule has 0 atom stereocenters. The fourth-order valence-electron chi connectivity index (χ4n) is 2.99. The third kappa shape index (κ3) is 5.88. The first kappa shape index (κ1) is 22.8. The molecule has 1 N–H and O–H groups in total. The average Bonchev–Trinajstić information content (AvgIpc) is 2.83. The number of hydrogen-bond acceptors (Lipinski definition) is 7. The number of halogens is 1. The molecule has 0 bridgehead atoms. The smallest absolute Gasteiger partial charge is 0.338 e. The van der Waals surface area contributed by atoms with E-state index in [0.29, 0.717) is 41.2 Å². The molecular weight excluding hydrogens is 470 g/mol. The number of hydrogen-bond donors (Lipinski definition) is 1. The lowest BCUT2D eigenvalue weighted by molar-refractivity contribution is 0.0450. The molecule has 0 spiro atoms. The summed E-state index contributed by atoms with van der Waals surface area (Å²) in [5, 5.41) is 0.603. The normalized spacial score (nSPS) is 12.6. The van der Waals surface area contributed by atoms with Crippen molar-refractivity contribution in [1.29, 1.82) is 0 Å². The Hall–Kier alpha value is -3.43. The van der Waals surface area contributed by atoms with Crippen molar-refractivity contribution < 1.29 is 32.2 Å². The zero-order valence-corrected chi connectivity index (χ0v) is 18.9. The maximum Gasteiger partial charge on any atom is 0.338 e. The van der Waals surface area contributed by atoms with Crippen molar-refractivity contribution in [2.24, 2.45) is 0 Å². The van der Waals surface area contributed by atoms with Gasteiger partial charge in [0.2, 0.25) is 0 Å². The summed E-state index contributed by atoms with van der Waals surface area (Å²) in [6.07, 6.45) is 0. The Kier molecular flexibility index (Phi) is 6.90. The first-order valence-electron chi connectivity index (χ1n) is 9.99. The molecule has 1 aliphatic rings. The summed E-state index contributed by atoms with van der Waals surface area (Å²) in [5.41, 5.74) is 0.580. The van der Waals surface area contributed by atoms with Crippen LogP contribution in [0.15, 0.2) is 71.6 Å². The molecule has 0 saturated carbocycles. The van der Waals surface area contributed by atoms with Crippen molar-refractivity contribution >= 4 is 33.3 Å². The fraction of sp³-hybridized carbons (Fsp3) is 0.174. The van der Waals surface area contributed by atoms with Gasteiger partial charge in [0.25, 0.3) is 10.0 Å². The van der Waals surface area contributed by atoms with E-state index in [9.17, 15) is 13.2 Å². The van der Waals surface area contributed by atoms with Crippen LogP contribution < -0.4 is 18.9 Å². The summed E-state index contributed by atoms with van der Waals surface area (Å²) in [4.78, 5) is 12.2. The molecule has 8 nitrogen and oxygen atoms in total. The third-order valence-electron chi connectivity index (χ3n) is 4.60. The molecular formula is C23H20ClNO7S. The minimum absolute atomic E-state index is 0.0379. The van der Waals surface area contributed by atoms with Gasteiger partial charge in [-0.3, -0.25) is 4.72 Å². The van der Waals surface area contributed by atoms with Gasteiger partial charge in [-0.15, -0.1) is 0 Å². The average molecular weight is 490 g/mol. The highest BCUT2D eigenvalue weighted by atomic mass is 35.5. The zero-order chi connectivity index (χ0) is 23.3. The molecule has 0 unspecified atom stereocenters. The van der Waals surface area contributed by atoms with E-state index < -0.39 is 16.0 Å². The fourth-order valence-corrected chi connectivity index (χ4v) is 4.19. The number of anilines is 1. The van der Waals surface area contributed by atoms with E-state index in [1.807, 2.05) is 0 Å². The molecule has 3 aromatic carbocycles. The maximum atomic E-state index is 12.7. The molecule has 33 heavy (non-hydrogen) atoms. The van der Waals surface area contributed by atoms with Crippen LogP contribution in [0, 0.1) is 0 Å². The zero-order valence-electron chi connectivity index (χ0n) is 17.3. The molecule has 1 heterocycles. The number of nitrogens with one attached hydrogen (secondary N) is 1. The lowest BCUT2D eigenvalue weighted by atomic mass is 10.2. The number of carbonyl (C=O) groups excluding carboxylic acids is 1. The van der Waals surface area contributed by atoms with Gasteiger partial charge in [-0.2, -0.15) is 0 Å². The number of ether oxygens (including phenoxy) is 4. The van der Waals surface area contributed by atoms with Gasteiger partial charge in [-0.1, -0.05) is 11.6 Å². The lowest BCUT2D eigenvalue weighted by Crippen LogP contribution is -2.17. The Morgan fingerprint density at radius 3 is 2.33 bits per heavy atom. The standard InChI is InChI=1S/C23H20ClNO7S/c24-17-3-7-19(8-4-17)29-11-14-32-23(26)16-1-5-18(6-2-16)25-33(27,28)20-9-10-21-22(15-20)31-13-12-30-21/h1-10,15,25H,11-14H2. The Morgan fingerprint density at radius 2 is 1.61 bits per heavy atom. The molecule has 10 heteroatoms. The second kappa shape index (κ2) is 10.0. The Morgan fingerprint density at radius 1 is 0.909 bits per heavy atom. The van der Waals surface area contributed by atoms with Crippen LogP contribution in [-0.4, -0.2) is 40.8 Å². The molecule has 1 aliphatic heterocycles. The van der Waals surface area contributed by atoms with Crippen molar-refractivity contribution in [2.45, 2.75) is 4.90 Å². The van der Waals surface area contributed by atoms with Crippen LogP contribution in [0.3, 0.4) is 0 Å². The number of sulfonamides is 1. The summed E-state index contributed by atoms with van der Waals surface area (Å²) in [6.45, 7) is 1.01. The van der Waals surface area contributed by atoms with E-state index in [0.717, 1.165) is 0 Å². The van der Waals surface area contributed by atoms with Gasteiger partial charge in [0.1, 0.15) is 32.2 Å². The summed E-state index contributed by atoms with van der Waals surface area (Å²) in [5.74, 6) is 0.949. The molecule has 0 fully saturated rings. The molecule has 0 radical (unpaired) electrons. The maximum absolute atomic E-state index is 12.7. The van der Waals surface area contributed by atoms with Crippen molar-refractivity contribution in [2.75, 3.05) is 31.1 Å². The molecule has 3 aromatic rings. The number of benzene rings is 3. The second-order valence-electron chi connectivity index (χ2n) is 6.93. The topological polar surface area (TPSA) is 100 Å². The van der Waals surface area contributed by atoms with Gasteiger partial charge >= 0.3 is 5.97 Å². The van der Waals surface area contributed by atoms with E-state index in [2.05, 4.69) is 4.72 Å². The van der Waals surface area contributed by atoms with Crippen LogP contribution in [0.2, 0.25) is 5.02 Å². The molecule has 172 valence electrons. The van der Waals surface area contributed by atoms with E-state index in [1.165, 1.54) is 36.4 Å². The number of esters is 1. The monoisotopic (exact) mass is 489 g/mol. The van der Waals surface area contributed by atoms with Crippen LogP contribution in [0.1, 0.15) is 10.4 Å². The van der Waals surface area contributed by atoms with Crippen molar-refractivity contribution in [3.63, 3.8) is 0 Å². The van der Waals surface area contributed by atoms with E-state index >= 15 is 0 Å². The summed E-state index contributed by atoms with van der Waals surface area (Å²) in [6, 6.07) is 17.2. The summed E-state index contributed by atoms with van der Waals surface area (Å²) < 4.78 is 49.4. The van der Waals surface area contributed by atoms with Crippen molar-refractivity contribution in [3.8, 4) is 17.2 Å². The SMILES string of the molecule is O=C(OCCOc1ccc(Cl)cc1)c1ccc(NS(=O)(=O)c2ccc3c(c2)OCCO3)cc1.